The third-order valence-corrected chi connectivity index (χ3v) is 6.95. The summed E-state index contributed by atoms with van der Waals surface area (Å²) in [5, 5.41) is 11.4. The topological polar surface area (TPSA) is 137 Å². The van der Waals surface area contributed by atoms with Gasteiger partial charge in [-0.1, -0.05) is 42.5 Å². The first-order valence-electron chi connectivity index (χ1n) is 9.62. The number of rotatable bonds is 10. The van der Waals surface area contributed by atoms with Crippen LogP contribution in [-0.2, 0) is 44.0 Å². The Hall–Kier alpha value is -3.19. The number of nitro benzene ring substituents is 1. The van der Waals surface area contributed by atoms with Crippen LogP contribution in [0, 0.1) is 10.1 Å². The minimum absolute atomic E-state index is 0.0851. The number of hydrogen-bond donors (Lipinski definition) is 0. The standard InChI is InChI=1S/C21H21N3O7S2/c1-32(27,28)31-16-18-11-9-17(10-12-18)14-23(15-19-6-4-5-13-22-19)33(29,30)21-8-3-2-7-20(21)24(25)26/h2-13H,14-16H2,1H3. The van der Waals surface area contributed by atoms with Gasteiger partial charge in [-0.2, -0.15) is 12.7 Å². The Morgan fingerprint density at radius 2 is 1.55 bits per heavy atom. The zero-order chi connectivity index (χ0) is 24.1. The molecule has 174 valence electrons. The van der Waals surface area contributed by atoms with E-state index in [2.05, 4.69) is 4.98 Å². The summed E-state index contributed by atoms with van der Waals surface area (Å²) in [6.45, 7) is -0.336. The Bertz CT molecular complexity index is 1330. The molecular weight excluding hydrogens is 470 g/mol. The quantitative estimate of drug-likeness (QED) is 0.240. The molecule has 0 aliphatic heterocycles. The highest BCUT2D eigenvalue weighted by Gasteiger charge is 2.31. The maximum atomic E-state index is 13.5. The third kappa shape index (κ3) is 6.65. The first-order valence-corrected chi connectivity index (χ1v) is 12.9. The second kappa shape index (κ2) is 10.2. The van der Waals surface area contributed by atoms with Crippen molar-refractivity contribution in [2.24, 2.45) is 0 Å². The van der Waals surface area contributed by atoms with Crippen LogP contribution in [0.4, 0.5) is 5.69 Å². The van der Waals surface area contributed by atoms with E-state index in [1.807, 2.05) is 0 Å². The molecular formula is C21H21N3O7S2. The number of pyridine rings is 1. The Balaban J connectivity index is 1.93. The number of hydrogen-bond acceptors (Lipinski definition) is 8. The zero-order valence-electron chi connectivity index (χ0n) is 17.6. The molecule has 0 atom stereocenters. The molecule has 0 unspecified atom stereocenters. The molecule has 0 radical (unpaired) electrons. The van der Waals surface area contributed by atoms with Crippen LogP contribution in [0.25, 0.3) is 0 Å². The van der Waals surface area contributed by atoms with E-state index < -0.39 is 35.6 Å². The molecule has 33 heavy (non-hydrogen) atoms. The second-order valence-electron chi connectivity index (χ2n) is 7.10. The van der Waals surface area contributed by atoms with Gasteiger partial charge in [-0.25, -0.2) is 8.42 Å². The molecule has 1 heterocycles. The molecule has 2 aromatic carbocycles. The lowest BCUT2D eigenvalue weighted by atomic mass is 10.1. The van der Waals surface area contributed by atoms with Crippen molar-refractivity contribution < 1.29 is 25.9 Å². The zero-order valence-corrected chi connectivity index (χ0v) is 19.2. The Labute approximate surface area is 191 Å². The van der Waals surface area contributed by atoms with Gasteiger partial charge in [-0.15, -0.1) is 0 Å². The van der Waals surface area contributed by atoms with Crippen LogP contribution < -0.4 is 0 Å². The molecule has 12 heteroatoms. The number of benzene rings is 2. The number of nitrogens with zero attached hydrogens (tertiary/aromatic N) is 3. The molecule has 0 spiro atoms. The van der Waals surface area contributed by atoms with Crippen molar-refractivity contribution in [1.82, 2.24) is 9.29 Å². The Morgan fingerprint density at radius 3 is 2.15 bits per heavy atom. The van der Waals surface area contributed by atoms with Gasteiger partial charge in [0.25, 0.3) is 25.8 Å². The predicted molar refractivity (Wildman–Crippen MR) is 120 cm³/mol. The molecule has 10 nitrogen and oxygen atoms in total. The molecule has 0 amide bonds. The smallest absolute Gasteiger partial charge is 0.265 e. The summed E-state index contributed by atoms with van der Waals surface area (Å²) < 4.78 is 55.1. The van der Waals surface area contributed by atoms with E-state index in [0.29, 0.717) is 16.8 Å². The lowest BCUT2D eigenvalue weighted by Gasteiger charge is -2.22. The van der Waals surface area contributed by atoms with Gasteiger partial charge in [-0.05, 0) is 29.3 Å². The summed E-state index contributed by atoms with van der Waals surface area (Å²) in [6, 6.07) is 16.8. The first-order chi connectivity index (χ1) is 15.6. The first kappa shape index (κ1) is 24.5. The van der Waals surface area contributed by atoms with Crippen molar-refractivity contribution in [3.05, 3.63) is 99.9 Å². The summed E-state index contributed by atoms with van der Waals surface area (Å²) in [7, 11) is -7.86. The highest BCUT2D eigenvalue weighted by molar-refractivity contribution is 7.89. The molecule has 0 aliphatic carbocycles. The molecule has 1 aromatic heterocycles. The highest BCUT2D eigenvalue weighted by atomic mass is 32.2. The van der Waals surface area contributed by atoms with Gasteiger partial charge in [0.15, 0.2) is 4.90 Å². The number of sulfonamides is 1. The van der Waals surface area contributed by atoms with Crippen molar-refractivity contribution in [1.29, 1.82) is 0 Å². The van der Waals surface area contributed by atoms with Crippen LogP contribution in [0.2, 0.25) is 0 Å². The predicted octanol–water partition coefficient (Wildman–Crippen LogP) is 2.86. The molecule has 0 saturated carbocycles. The summed E-state index contributed by atoms with van der Waals surface area (Å²) in [5.41, 5.74) is 1.13. The summed E-state index contributed by atoms with van der Waals surface area (Å²) >= 11 is 0. The van der Waals surface area contributed by atoms with E-state index in [-0.39, 0.29) is 19.7 Å². The van der Waals surface area contributed by atoms with Crippen molar-refractivity contribution in [3.8, 4) is 0 Å². The molecule has 3 aromatic rings. The van der Waals surface area contributed by atoms with Gasteiger partial charge in [0.05, 0.1) is 30.0 Å². The molecule has 0 aliphatic rings. The lowest BCUT2D eigenvalue weighted by Crippen LogP contribution is -2.31. The van der Waals surface area contributed by atoms with Gasteiger partial charge >= 0.3 is 0 Å². The van der Waals surface area contributed by atoms with Gasteiger partial charge < -0.3 is 0 Å². The van der Waals surface area contributed by atoms with Crippen LogP contribution >= 0.6 is 0 Å². The highest BCUT2D eigenvalue weighted by Crippen LogP contribution is 2.28. The van der Waals surface area contributed by atoms with Crippen LogP contribution in [0.3, 0.4) is 0 Å². The van der Waals surface area contributed by atoms with E-state index in [1.165, 1.54) is 24.4 Å². The maximum absolute atomic E-state index is 13.5. The van der Waals surface area contributed by atoms with Gasteiger partial charge in [0, 0.05) is 18.8 Å². The third-order valence-electron chi connectivity index (χ3n) is 4.57. The Kier molecular flexibility index (Phi) is 7.53. The number of nitro groups is 1. The molecule has 0 saturated heterocycles. The van der Waals surface area contributed by atoms with E-state index in [9.17, 15) is 26.9 Å². The van der Waals surface area contributed by atoms with E-state index >= 15 is 0 Å². The largest absolute Gasteiger partial charge is 0.289 e. The van der Waals surface area contributed by atoms with Crippen LogP contribution in [-0.4, -0.2) is 37.3 Å². The van der Waals surface area contributed by atoms with Crippen LogP contribution in [0.5, 0.6) is 0 Å². The van der Waals surface area contributed by atoms with Crippen LogP contribution in [0.15, 0.2) is 77.8 Å². The molecule has 0 bridgehead atoms. The van der Waals surface area contributed by atoms with Crippen LogP contribution in [0.1, 0.15) is 16.8 Å². The maximum Gasteiger partial charge on any atom is 0.289 e. The fourth-order valence-corrected chi connectivity index (χ4v) is 4.89. The normalized spacial score (nSPS) is 12.1. The fourth-order valence-electron chi connectivity index (χ4n) is 2.98. The molecule has 3 rings (SSSR count). The fraction of sp³-hybridized carbons (Fsp3) is 0.190. The average molecular weight is 492 g/mol. The van der Waals surface area contributed by atoms with E-state index in [1.54, 1.807) is 42.5 Å². The van der Waals surface area contributed by atoms with E-state index in [0.717, 1.165) is 16.6 Å². The van der Waals surface area contributed by atoms with Crippen molar-refractivity contribution in [2.45, 2.75) is 24.6 Å². The summed E-state index contributed by atoms with van der Waals surface area (Å²) in [4.78, 5) is 14.5. The minimum Gasteiger partial charge on any atom is -0.265 e. The monoisotopic (exact) mass is 491 g/mol. The van der Waals surface area contributed by atoms with Gasteiger partial charge in [0.2, 0.25) is 0 Å². The SMILES string of the molecule is CS(=O)(=O)OCc1ccc(CN(Cc2ccccn2)S(=O)(=O)c2ccccc2[N+](=O)[O-])cc1. The van der Waals surface area contributed by atoms with Crippen molar-refractivity contribution in [3.63, 3.8) is 0 Å². The summed E-state index contributed by atoms with van der Waals surface area (Å²) in [6.07, 6.45) is 2.48. The molecule has 0 N–H and O–H groups in total. The number of para-hydroxylation sites is 1. The van der Waals surface area contributed by atoms with E-state index in [4.69, 9.17) is 4.18 Å². The van der Waals surface area contributed by atoms with Crippen molar-refractivity contribution >= 4 is 25.8 Å². The van der Waals surface area contributed by atoms with Gasteiger partial charge in [-0.3, -0.25) is 19.3 Å². The Morgan fingerprint density at radius 1 is 0.909 bits per heavy atom. The van der Waals surface area contributed by atoms with Crippen molar-refractivity contribution in [2.75, 3.05) is 6.26 Å². The number of aromatic nitrogens is 1. The lowest BCUT2D eigenvalue weighted by molar-refractivity contribution is -0.387. The molecule has 0 fully saturated rings. The average Bonchev–Trinajstić information content (AvgIpc) is 2.78. The summed E-state index contributed by atoms with van der Waals surface area (Å²) in [5.74, 6) is 0. The van der Waals surface area contributed by atoms with Gasteiger partial charge in [0.1, 0.15) is 0 Å². The second-order valence-corrected chi connectivity index (χ2v) is 10.7. The minimum atomic E-state index is -4.27.